The lowest BCUT2D eigenvalue weighted by molar-refractivity contribution is -0.142. The fraction of sp³-hybridized carbons (Fsp3) is 0.379. The number of aryl methyl sites for hydroxylation is 1. The Bertz CT molecular complexity index is 1030. The largest absolute Gasteiger partial charge is 0.333 e. The van der Waals surface area contributed by atoms with Crippen LogP contribution in [0.4, 0.5) is 0 Å². The van der Waals surface area contributed by atoms with Gasteiger partial charge in [0.05, 0.1) is 19.0 Å². The van der Waals surface area contributed by atoms with Gasteiger partial charge in [-0.3, -0.25) is 9.59 Å². The maximum absolute atomic E-state index is 13.6. The summed E-state index contributed by atoms with van der Waals surface area (Å²) in [5, 5.41) is 0. The predicted molar refractivity (Wildman–Crippen MR) is 141 cm³/mol. The second kappa shape index (κ2) is 13.1. The maximum Gasteiger partial charge on any atom is 0.242 e. The van der Waals surface area contributed by atoms with E-state index in [0.29, 0.717) is 26.1 Å². The van der Waals surface area contributed by atoms with E-state index in [-0.39, 0.29) is 24.3 Å². The molecule has 0 spiro atoms. The number of carbonyl (C=O) groups is 2. The van der Waals surface area contributed by atoms with Crippen LogP contribution in [0.1, 0.15) is 59.9 Å². The summed E-state index contributed by atoms with van der Waals surface area (Å²) < 4.78 is 0. The van der Waals surface area contributed by atoms with Crippen molar-refractivity contribution in [2.45, 2.75) is 59.0 Å². The first-order chi connectivity index (χ1) is 16.5. The molecule has 180 valence electrons. The zero-order chi connectivity index (χ0) is 24.3. The highest BCUT2D eigenvalue weighted by Gasteiger charge is 2.27. The number of amides is 2. The zero-order valence-corrected chi connectivity index (χ0v) is 21.4. The first-order valence-corrected chi connectivity index (χ1v) is 13.0. The summed E-state index contributed by atoms with van der Waals surface area (Å²) in [6.45, 7) is 8.02. The Morgan fingerprint density at radius 2 is 1.53 bits per heavy atom. The Balaban J connectivity index is 1.81. The summed E-state index contributed by atoms with van der Waals surface area (Å²) in [5.41, 5.74) is 2.10. The van der Waals surface area contributed by atoms with Crippen LogP contribution in [0.3, 0.4) is 0 Å². The fourth-order valence-corrected chi connectivity index (χ4v) is 5.04. The van der Waals surface area contributed by atoms with E-state index in [1.807, 2.05) is 72.5 Å². The highest BCUT2D eigenvalue weighted by atomic mass is 32.1. The standard InChI is InChI=1S/C29H36N2O2S/c1-4-6-19-30(29(33)27(5-2)25-15-11-8-12-16-25)22-28(32)31(20-24-13-9-7-10-14-24)21-26-18-17-23(3)34-26/h7-18,27H,4-6,19-22H2,1-3H3/t27-/m0/s1. The van der Waals surface area contributed by atoms with Crippen molar-refractivity contribution in [1.29, 1.82) is 0 Å². The van der Waals surface area contributed by atoms with Crippen molar-refractivity contribution < 1.29 is 9.59 Å². The van der Waals surface area contributed by atoms with Crippen molar-refractivity contribution in [2.24, 2.45) is 0 Å². The average Bonchev–Trinajstić information content (AvgIpc) is 3.27. The highest BCUT2D eigenvalue weighted by Crippen LogP contribution is 2.23. The van der Waals surface area contributed by atoms with Crippen LogP contribution in [0.5, 0.6) is 0 Å². The van der Waals surface area contributed by atoms with Gasteiger partial charge in [0.15, 0.2) is 0 Å². The first-order valence-electron chi connectivity index (χ1n) is 12.2. The van der Waals surface area contributed by atoms with Gasteiger partial charge >= 0.3 is 0 Å². The van der Waals surface area contributed by atoms with Crippen LogP contribution in [-0.2, 0) is 22.7 Å². The molecule has 5 heteroatoms. The molecule has 1 aromatic heterocycles. The number of nitrogens with zero attached hydrogens (tertiary/aromatic N) is 2. The van der Waals surface area contributed by atoms with Crippen LogP contribution < -0.4 is 0 Å². The molecule has 0 aliphatic heterocycles. The molecule has 0 aliphatic carbocycles. The fourth-order valence-electron chi connectivity index (χ4n) is 4.13. The van der Waals surface area contributed by atoms with Gasteiger partial charge in [-0.1, -0.05) is 80.9 Å². The summed E-state index contributed by atoms with van der Waals surface area (Å²) in [5.74, 6) is -0.197. The SMILES string of the molecule is CCCCN(CC(=O)N(Cc1ccccc1)Cc1ccc(C)s1)C(=O)[C@@H](CC)c1ccccc1. The zero-order valence-electron chi connectivity index (χ0n) is 20.6. The molecular weight excluding hydrogens is 440 g/mol. The van der Waals surface area contributed by atoms with E-state index < -0.39 is 0 Å². The van der Waals surface area contributed by atoms with Crippen LogP contribution >= 0.6 is 11.3 Å². The number of carbonyl (C=O) groups excluding carboxylic acids is 2. The molecule has 1 atom stereocenters. The van der Waals surface area contributed by atoms with E-state index in [4.69, 9.17) is 0 Å². The van der Waals surface area contributed by atoms with Gasteiger partial charge in [-0.2, -0.15) is 0 Å². The molecule has 0 bridgehead atoms. The number of benzene rings is 2. The molecule has 0 saturated heterocycles. The minimum absolute atomic E-state index is 0.0118. The number of hydrogen-bond donors (Lipinski definition) is 0. The second-order valence-corrected chi connectivity index (χ2v) is 10.1. The van der Waals surface area contributed by atoms with Crippen molar-refractivity contribution in [3.63, 3.8) is 0 Å². The second-order valence-electron chi connectivity index (χ2n) is 8.73. The topological polar surface area (TPSA) is 40.6 Å². The monoisotopic (exact) mass is 476 g/mol. The van der Waals surface area contributed by atoms with Gasteiger partial charge in [0, 0.05) is 22.8 Å². The Morgan fingerprint density at radius 1 is 0.853 bits per heavy atom. The van der Waals surface area contributed by atoms with Gasteiger partial charge < -0.3 is 9.80 Å². The third-order valence-corrected chi connectivity index (χ3v) is 7.02. The van der Waals surface area contributed by atoms with E-state index >= 15 is 0 Å². The maximum atomic E-state index is 13.6. The molecule has 0 N–H and O–H groups in total. The Morgan fingerprint density at radius 3 is 2.12 bits per heavy atom. The van der Waals surface area contributed by atoms with Gasteiger partial charge in [-0.05, 0) is 43.0 Å². The van der Waals surface area contributed by atoms with E-state index in [2.05, 4.69) is 26.0 Å². The van der Waals surface area contributed by atoms with Crippen LogP contribution in [0.15, 0.2) is 72.8 Å². The molecule has 0 saturated carbocycles. The lowest BCUT2D eigenvalue weighted by Crippen LogP contribution is -2.44. The molecular formula is C29H36N2O2S. The smallest absolute Gasteiger partial charge is 0.242 e. The van der Waals surface area contributed by atoms with E-state index in [1.165, 1.54) is 4.88 Å². The van der Waals surface area contributed by atoms with Gasteiger partial charge in [0.25, 0.3) is 0 Å². The molecule has 34 heavy (non-hydrogen) atoms. The van der Waals surface area contributed by atoms with E-state index in [9.17, 15) is 9.59 Å². The van der Waals surface area contributed by atoms with Gasteiger partial charge in [0.2, 0.25) is 11.8 Å². The molecule has 2 amide bonds. The Labute approximate surface area is 208 Å². The van der Waals surface area contributed by atoms with Gasteiger partial charge in [-0.15, -0.1) is 11.3 Å². The minimum Gasteiger partial charge on any atom is -0.333 e. The number of rotatable bonds is 12. The van der Waals surface area contributed by atoms with Gasteiger partial charge in [0.1, 0.15) is 0 Å². The van der Waals surface area contributed by atoms with Crippen molar-refractivity contribution in [3.05, 3.63) is 93.7 Å². The first kappa shape index (κ1) is 25.7. The molecule has 1 heterocycles. The predicted octanol–water partition coefficient (Wildman–Crippen LogP) is 6.41. The normalized spacial score (nSPS) is 11.7. The molecule has 4 nitrogen and oxygen atoms in total. The summed E-state index contributed by atoms with van der Waals surface area (Å²) in [4.78, 5) is 33.3. The lowest BCUT2D eigenvalue weighted by Gasteiger charge is -2.30. The highest BCUT2D eigenvalue weighted by molar-refractivity contribution is 7.11. The quantitative estimate of drug-likeness (QED) is 0.303. The molecule has 2 aromatic carbocycles. The van der Waals surface area contributed by atoms with Crippen molar-refractivity contribution in [3.8, 4) is 0 Å². The van der Waals surface area contributed by atoms with E-state index in [0.717, 1.165) is 28.8 Å². The van der Waals surface area contributed by atoms with Crippen LogP contribution in [0.2, 0.25) is 0 Å². The average molecular weight is 477 g/mol. The van der Waals surface area contributed by atoms with Crippen LogP contribution in [0, 0.1) is 6.92 Å². The number of unbranched alkanes of at least 4 members (excludes halogenated alkanes) is 1. The Hall–Kier alpha value is -2.92. The molecule has 0 aliphatic rings. The van der Waals surface area contributed by atoms with Crippen molar-refractivity contribution >= 4 is 23.2 Å². The summed E-state index contributed by atoms with van der Waals surface area (Å²) >= 11 is 1.71. The third-order valence-electron chi connectivity index (χ3n) is 6.04. The minimum atomic E-state index is -0.228. The van der Waals surface area contributed by atoms with Crippen LogP contribution in [-0.4, -0.2) is 34.7 Å². The molecule has 0 unspecified atom stereocenters. The number of thiophene rings is 1. The summed E-state index contributed by atoms with van der Waals surface area (Å²) in [7, 11) is 0. The van der Waals surface area contributed by atoms with Gasteiger partial charge in [-0.25, -0.2) is 0 Å². The summed E-state index contributed by atoms with van der Waals surface area (Å²) in [6.07, 6.45) is 2.57. The van der Waals surface area contributed by atoms with Crippen LogP contribution in [0.25, 0.3) is 0 Å². The van der Waals surface area contributed by atoms with Crippen molar-refractivity contribution in [1.82, 2.24) is 9.80 Å². The molecule has 0 radical (unpaired) electrons. The van der Waals surface area contributed by atoms with E-state index in [1.54, 1.807) is 16.2 Å². The molecule has 0 fully saturated rings. The van der Waals surface area contributed by atoms with Crippen molar-refractivity contribution in [2.75, 3.05) is 13.1 Å². The molecule has 3 rings (SSSR count). The Kier molecular flexibility index (Phi) is 9.89. The lowest BCUT2D eigenvalue weighted by atomic mass is 9.95. The third kappa shape index (κ3) is 7.29. The number of hydrogen-bond acceptors (Lipinski definition) is 3. The molecule has 3 aromatic rings. The summed E-state index contributed by atoms with van der Waals surface area (Å²) in [6, 6.07) is 24.2.